The van der Waals surface area contributed by atoms with E-state index in [4.69, 9.17) is 4.74 Å². The normalized spacial score (nSPS) is 11.3. The van der Waals surface area contributed by atoms with Gasteiger partial charge in [0.25, 0.3) is 5.92 Å². The Kier molecular flexibility index (Phi) is 8.47. The van der Waals surface area contributed by atoms with Crippen molar-refractivity contribution in [2.45, 2.75) is 33.1 Å². The summed E-state index contributed by atoms with van der Waals surface area (Å²) in [6.45, 7) is 5.35. The van der Waals surface area contributed by atoms with Gasteiger partial charge in [-0.2, -0.15) is 4.98 Å². The summed E-state index contributed by atoms with van der Waals surface area (Å²) in [6, 6.07) is 8.46. The van der Waals surface area contributed by atoms with Gasteiger partial charge in [-0.25, -0.2) is 13.8 Å². The number of aromatic nitrogens is 3. The molecule has 188 valence electrons. The molecule has 0 aliphatic rings. The van der Waals surface area contributed by atoms with Crippen molar-refractivity contribution in [2.75, 3.05) is 24.4 Å². The Morgan fingerprint density at radius 3 is 2.67 bits per heavy atom. The summed E-state index contributed by atoms with van der Waals surface area (Å²) in [7, 11) is 3.14. The number of hydrogen-bond donors (Lipinski definition) is 1. The first-order valence-corrected chi connectivity index (χ1v) is 11.3. The Bertz CT molecular complexity index is 1290. The highest BCUT2D eigenvalue weighted by molar-refractivity contribution is 6.05. The minimum absolute atomic E-state index is 0.00433. The molecule has 3 aromatic rings. The van der Waals surface area contributed by atoms with Crippen LogP contribution < -0.4 is 15.0 Å². The van der Waals surface area contributed by atoms with Crippen molar-refractivity contribution in [3.63, 3.8) is 0 Å². The van der Waals surface area contributed by atoms with Gasteiger partial charge < -0.3 is 15.0 Å². The van der Waals surface area contributed by atoms with Crippen molar-refractivity contribution in [3.05, 3.63) is 83.9 Å². The van der Waals surface area contributed by atoms with E-state index in [1.54, 1.807) is 62.8 Å². The number of carbonyl (C=O) groups excluding carboxylic acids is 1. The number of ketones is 1. The van der Waals surface area contributed by atoms with Crippen LogP contribution in [0.2, 0.25) is 0 Å². The fraction of sp³-hybridized carbons (Fsp3) is 0.259. The van der Waals surface area contributed by atoms with E-state index >= 15 is 8.78 Å². The van der Waals surface area contributed by atoms with Gasteiger partial charge in [-0.1, -0.05) is 29.9 Å². The number of rotatable bonds is 10. The zero-order chi connectivity index (χ0) is 26.3. The number of alkyl halides is 2. The van der Waals surface area contributed by atoms with Crippen LogP contribution in [0.3, 0.4) is 0 Å². The number of ether oxygens (including phenoxy) is 1. The highest BCUT2D eigenvalue weighted by Crippen LogP contribution is 2.39. The van der Waals surface area contributed by atoms with Crippen LogP contribution >= 0.6 is 0 Å². The number of carbonyl (C=O) groups is 1. The predicted molar refractivity (Wildman–Crippen MR) is 138 cm³/mol. The van der Waals surface area contributed by atoms with Gasteiger partial charge >= 0.3 is 0 Å². The molecule has 7 nitrogen and oxygen atoms in total. The molecule has 0 spiro atoms. The number of hydrogen-bond acceptors (Lipinski definition) is 7. The van der Waals surface area contributed by atoms with Crippen LogP contribution in [0.5, 0.6) is 5.75 Å². The van der Waals surface area contributed by atoms with Crippen molar-refractivity contribution in [3.8, 4) is 5.75 Å². The lowest BCUT2D eigenvalue weighted by atomic mass is 10.1. The van der Waals surface area contributed by atoms with Crippen LogP contribution in [0.1, 0.15) is 43.1 Å². The van der Waals surface area contributed by atoms with E-state index in [-0.39, 0.29) is 23.1 Å². The van der Waals surface area contributed by atoms with Crippen molar-refractivity contribution in [1.29, 1.82) is 0 Å². The molecule has 2 aromatic heterocycles. The molecular formula is C27H29F2N5O2. The molecule has 36 heavy (non-hydrogen) atoms. The molecule has 0 saturated heterocycles. The number of nitrogens with one attached hydrogen (secondary N) is 1. The minimum Gasteiger partial charge on any atom is -0.495 e. The maximum atomic E-state index is 15.2. The average Bonchev–Trinajstić information content (AvgIpc) is 2.86. The van der Waals surface area contributed by atoms with Gasteiger partial charge in [-0.05, 0) is 39.0 Å². The molecule has 0 radical (unpaired) electrons. The lowest BCUT2D eigenvalue weighted by molar-refractivity contribution is -0.000986. The van der Waals surface area contributed by atoms with Gasteiger partial charge in [0.05, 0.1) is 30.8 Å². The van der Waals surface area contributed by atoms with Crippen LogP contribution in [0.4, 0.5) is 31.9 Å². The number of anilines is 4. The van der Waals surface area contributed by atoms with Crippen LogP contribution in [0.15, 0.2) is 72.7 Å². The summed E-state index contributed by atoms with van der Waals surface area (Å²) in [4.78, 5) is 26.7. The first-order valence-electron chi connectivity index (χ1n) is 11.3. The molecule has 0 aliphatic heterocycles. The highest BCUT2D eigenvalue weighted by atomic mass is 19.3. The standard InChI is InChI=1S/C27H29F2N5O2/c1-6-7-11-27(28,29)23-17-31-26(32-20-14-22(36-5)16-30-15-20)33-25(23)34(4)21-10-8-9-19(13-21)24(35)12-18(2)3/h6-10,12-17H,11H2,1-5H3,(H,31,32,33). The van der Waals surface area contributed by atoms with Gasteiger partial charge in [0, 0.05) is 37.0 Å². The Labute approximate surface area is 209 Å². The topological polar surface area (TPSA) is 80.2 Å². The molecule has 1 N–H and O–H groups in total. The Morgan fingerprint density at radius 1 is 1.19 bits per heavy atom. The second-order valence-corrected chi connectivity index (χ2v) is 8.34. The van der Waals surface area contributed by atoms with E-state index in [9.17, 15) is 4.79 Å². The lowest BCUT2D eigenvalue weighted by Gasteiger charge is -2.25. The van der Waals surface area contributed by atoms with Gasteiger partial charge in [0.2, 0.25) is 5.95 Å². The Hall–Kier alpha value is -4.14. The van der Waals surface area contributed by atoms with Crippen LogP contribution in [0, 0.1) is 0 Å². The number of allylic oxidation sites excluding steroid dienone is 4. The molecule has 0 saturated carbocycles. The summed E-state index contributed by atoms with van der Waals surface area (Å²) in [5.41, 5.74) is 2.03. The molecule has 1 aromatic carbocycles. The van der Waals surface area contributed by atoms with E-state index in [0.717, 1.165) is 11.8 Å². The van der Waals surface area contributed by atoms with Crippen molar-refractivity contribution >= 4 is 28.9 Å². The van der Waals surface area contributed by atoms with Gasteiger partial charge in [0.15, 0.2) is 5.78 Å². The lowest BCUT2D eigenvalue weighted by Crippen LogP contribution is -2.22. The smallest absolute Gasteiger partial charge is 0.281 e. The number of pyridine rings is 1. The number of benzene rings is 1. The second-order valence-electron chi connectivity index (χ2n) is 8.34. The molecule has 0 atom stereocenters. The van der Waals surface area contributed by atoms with Crippen LogP contribution in [-0.2, 0) is 5.92 Å². The molecule has 0 unspecified atom stereocenters. The maximum Gasteiger partial charge on any atom is 0.281 e. The minimum atomic E-state index is -3.22. The van der Waals surface area contributed by atoms with Gasteiger partial charge in [0.1, 0.15) is 11.6 Å². The first-order chi connectivity index (χ1) is 17.1. The summed E-state index contributed by atoms with van der Waals surface area (Å²) >= 11 is 0. The van der Waals surface area contributed by atoms with E-state index in [0.29, 0.717) is 22.7 Å². The number of methoxy groups -OCH3 is 1. The third-order valence-electron chi connectivity index (χ3n) is 5.23. The maximum absolute atomic E-state index is 15.2. The average molecular weight is 494 g/mol. The number of nitrogens with zero attached hydrogens (tertiary/aromatic N) is 4. The fourth-order valence-corrected chi connectivity index (χ4v) is 3.39. The SMILES string of the molecule is CC=CCC(F)(F)c1cnc(Nc2cncc(OC)c2)nc1N(C)c1cccc(C(=O)C=C(C)C)c1. The molecular weight excluding hydrogens is 464 g/mol. The second kappa shape index (κ2) is 11.5. The predicted octanol–water partition coefficient (Wildman–Crippen LogP) is 6.60. The van der Waals surface area contributed by atoms with Crippen molar-refractivity contribution < 1.29 is 18.3 Å². The molecule has 0 fully saturated rings. The summed E-state index contributed by atoms with van der Waals surface area (Å²) < 4.78 is 35.6. The molecule has 2 heterocycles. The van der Waals surface area contributed by atoms with Crippen molar-refractivity contribution in [1.82, 2.24) is 15.0 Å². The van der Waals surface area contributed by atoms with Gasteiger partial charge in [-0.15, -0.1) is 0 Å². The molecule has 0 bridgehead atoms. The van der Waals surface area contributed by atoms with Gasteiger partial charge in [-0.3, -0.25) is 9.78 Å². The highest BCUT2D eigenvalue weighted by Gasteiger charge is 2.35. The Balaban J connectivity index is 2.07. The quantitative estimate of drug-likeness (QED) is 0.194. The third kappa shape index (κ3) is 6.50. The largest absolute Gasteiger partial charge is 0.495 e. The van der Waals surface area contributed by atoms with E-state index in [2.05, 4.69) is 20.3 Å². The fourth-order valence-electron chi connectivity index (χ4n) is 3.39. The zero-order valence-electron chi connectivity index (χ0n) is 20.9. The molecule has 3 rings (SSSR count). The monoisotopic (exact) mass is 493 g/mol. The molecule has 9 heteroatoms. The zero-order valence-corrected chi connectivity index (χ0v) is 20.9. The number of halogens is 2. The Morgan fingerprint density at radius 2 is 1.97 bits per heavy atom. The van der Waals surface area contributed by atoms with E-state index in [1.807, 2.05) is 13.8 Å². The molecule has 0 amide bonds. The summed E-state index contributed by atoms with van der Waals surface area (Å²) in [5.74, 6) is -2.76. The van der Waals surface area contributed by atoms with Crippen molar-refractivity contribution in [2.24, 2.45) is 0 Å². The summed E-state index contributed by atoms with van der Waals surface area (Å²) in [5, 5.41) is 2.99. The van der Waals surface area contributed by atoms with Crippen LogP contribution in [-0.4, -0.2) is 34.9 Å². The summed E-state index contributed by atoms with van der Waals surface area (Å²) in [6.07, 6.45) is 8.21. The van der Waals surface area contributed by atoms with E-state index < -0.39 is 12.3 Å². The first kappa shape index (κ1) is 26.5. The third-order valence-corrected chi connectivity index (χ3v) is 5.23. The molecule has 0 aliphatic carbocycles. The van der Waals surface area contributed by atoms with E-state index in [1.165, 1.54) is 24.2 Å². The van der Waals surface area contributed by atoms with Crippen LogP contribution in [0.25, 0.3) is 0 Å².